The first-order chi connectivity index (χ1) is 6.40. The summed E-state index contributed by atoms with van der Waals surface area (Å²) in [6.07, 6.45) is 1.35. The molecule has 0 saturated carbocycles. The van der Waals surface area contributed by atoms with Gasteiger partial charge in [0.25, 0.3) is 0 Å². The van der Waals surface area contributed by atoms with Crippen LogP contribution >= 0.6 is 0 Å². The van der Waals surface area contributed by atoms with Crippen molar-refractivity contribution in [2.24, 2.45) is 0 Å². The Hall–Kier alpha value is -0.610. The van der Waals surface area contributed by atoms with Gasteiger partial charge in [0.1, 0.15) is 0 Å². The third-order valence-corrected chi connectivity index (χ3v) is 2.15. The summed E-state index contributed by atoms with van der Waals surface area (Å²) < 4.78 is 5.51. The van der Waals surface area contributed by atoms with Crippen molar-refractivity contribution in [3.05, 3.63) is 0 Å². The molecule has 1 heterocycles. The number of carbonyl (C=O) groups is 1. The molecule has 1 atom stereocenters. The van der Waals surface area contributed by atoms with Crippen LogP contribution in [0.25, 0.3) is 0 Å². The van der Waals surface area contributed by atoms with Crippen LogP contribution in [0, 0.1) is 0 Å². The Labute approximate surface area is 84.8 Å². The van der Waals surface area contributed by atoms with Crippen LogP contribution in [0.15, 0.2) is 0 Å². The van der Waals surface area contributed by atoms with Gasteiger partial charge in [-0.3, -0.25) is 4.90 Å². The molecule has 0 aromatic heterocycles. The number of carboxylic acids is 1. The van der Waals surface area contributed by atoms with Crippen molar-refractivity contribution in [1.82, 2.24) is 4.90 Å². The van der Waals surface area contributed by atoms with E-state index in [1.807, 2.05) is 25.7 Å². The van der Waals surface area contributed by atoms with Gasteiger partial charge in [0.2, 0.25) is 6.23 Å². The second-order valence-corrected chi connectivity index (χ2v) is 4.66. The molecule has 0 bridgehead atoms. The van der Waals surface area contributed by atoms with E-state index in [0.29, 0.717) is 0 Å². The summed E-state index contributed by atoms with van der Waals surface area (Å²) in [4.78, 5) is 12.9. The second-order valence-electron chi connectivity index (χ2n) is 4.66. The quantitative estimate of drug-likeness (QED) is 0.748. The van der Waals surface area contributed by atoms with Gasteiger partial charge in [-0.15, -0.1) is 0 Å². The Morgan fingerprint density at radius 2 is 1.86 bits per heavy atom. The fourth-order valence-corrected chi connectivity index (χ4v) is 1.59. The Balaban J connectivity index is 2.59. The van der Waals surface area contributed by atoms with Crippen molar-refractivity contribution in [1.29, 1.82) is 0 Å². The zero-order chi connectivity index (χ0) is 10.8. The number of hydrogen-bond donors (Lipinski definition) is 1. The maximum Gasteiger partial charge on any atom is 0.348 e. The first-order valence-electron chi connectivity index (χ1n) is 5.05. The summed E-state index contributed by atoms with van der Waals surface area (Å²) >= 11 is 0. The number of likely N-dealkylation sites (tertiary alicyclic amines) is 1. The summed E-state index contributed by atoms with van der Waals surface area (Å²) in [7, 11) is 0. The molecule has 0 amide bonds. The SMILES string of the molecule is CC(C)(C)OC(C(=O)O)N1CCCC1. The average Bonchev–Trinajstić information content (AvgIpc) is 2.49. The van der Waals surface area contributed by atoms with Crippen LogP contribution < -0.4 is 0 Å². The van der Waals surface area contributed by atoms with Gasteiger partial charge in [0.05, 0.1) is 5.60 Å². The molecule has 1 aliphatic rings. The molecular weight excluding hydrogens is 182 g/mol. The highest BCUT2D eigenvalue weighted by atomic mass is 16.5. The van der Waals surface area contributed by atoms with E-state index in [0.717, 1.165) is 25.9 Å². The predicted octanol–water partition coefficient (Wildman–Crippen LogP) is 1.31. The first-order valence-corrected chi connectivity index (χ1v) is 5.05. The monoisotopic (exact) mass is 201 g/mol. The summed E-state index contributed by atoms with van der Waals surface area (Å²) in [5.41, 5.74) is -0.411. The lowest BCUT2D eigenvalue weighted by atomic mass is 10.2. The molecule has 1 N–H and O–H groups in total. The molecule has 1 rings (SSSR count). The number of aliphatic carboxylic acids is 1. The van der Waals surface area contributed by atoms with Gasteiger partial charge in [-0.2, -0.15) is 0 Å². The molecule has 1 fully saturated rings. The van der Waals surface area contributed by atoms with Gasteiger partial charge in [0, 0.05) is 13.1 Å². The molecule has 0 aliphatic carbocycles. The molecule has 1 aliphatic heterocycles. The Morgan fingerprint density at radius 3 is 2.21 bits per heavy atom. The van der Waals surface area contributed by atoms with Crippen LogP contribution in [-0.4, -0.2) is 40.9 Å². The van der Waals surface area contributed by atoms with E-state index in [1.165, 1.54) is 0 Å². The van der Waals surface area contributed by atoms with E-state index in [9.17, 15) is 4.79 Å². The minimum Gasteiger partial charge on any atom is -0.478 e. The highest BCUT2D eigenvalue weighted by molar-refractivity contribution is 5.71. The third kappa shape index (κ3) is 3.27. The van der Waals surface area contributed by atoms with Crippen molar-refractivity contribution in [2.45, 2.75) is 45.4 Å². The van der Waals surface area contributed by atoms with E-state index in [2.05, 4.69) is 0 Å². The average molecular weight is 201 g/mol. The maximum absolute atomic E-state index is 11.0. The number of rotatable bonds is 3. The number of nitrogens with zero attached hydrogens (tertiary/aromatic N) is 1. The minimum absolute atomic E-state index is 0.411. The molecule has 0 spiro atoms. The highest BCUT2D eigenvalue weighted by Crippen LogP contribution is 2.18. The van der Waals surface area contributed by atoms with Crippen molar-refractivity contribution in [3.8, 4) is 0 Å². The van der Waals surface area contributed by atoms with Gasteiger partial charge in [-0.1, -0.05) is 0 Å². The molecule has 0 radical (unpaired) electrons. The van der Waals surface area contributed by atoms with E-state index in [-0.39, 0.29) is 0 Å². The summed E-state index contributed by atoms with van der Waals surface area (Å²) in [5.74, 6) is -0.887. The van der Waals surface area contributed by atoms with Crippen LogP contribution in [-0.2, 0) is 9.53 Å². The lowest BCUT2D eigenvalue weighted by molar-refractivity contribution is -0.180. The number of ether oxygens (including phenoxy) is 1. The third-order valence-electron chi connectivity index (χ3n) is 2.15. The zero-order valence-electron chi connectivity index (χ0n) is 9.12. The summed E-state index contributed by atoms with van der Waals surface area (Å²) in [6, 6.07) is 0. The van der Waals surface area contributed by atoms with Crippen LogP contribution in [0.2, 0.25) is 0 Å². The van der Waals surface area contributed by atoms with Crippen LogP contribution in [0.1, 0.15) is 33.6 Å². The smallest absolute Gasteiger partial charge is 0.348 e. The second kappa shape index (κ2) is 4.28. The molecular formula is C10H19NO3. The molecule has 0 aromatic rings. The molecule has 0 aromatic carbocycles. The number of carboxylic acid groups (broad SMARTS) is 1. The Morgan fingerprint density at radius 1 is 1.36 bits per heavy atom. The lowest BCUT2D eigenvalue weighted by Gasteiger charge is -2.30. The van der Waals surface area contributed by atoms with E-state index >= 15 is 0 Å². The van der Waals surface area contributed by atoms with Crippen molar-refractivity contribution < 1.29 is 14.6 Å². The van der Waals surface area contributed by atoms with Crippen LogP contribution in [0.4, 0.5) is 0 Å². The molecule has 1 saturated heterocycles. The fraction of sp³-hybridized carbons (Fsp3) is 0.900. The van der Waals surface area contributed by atoms with E-state index < -0.39 is 17.8 Å². The minimum atomic E-state index is -0.887. The lowest BCUT2D eigenvalue weighted by Crippen LogP contribution is -2.45. The van der Waals surface area contributed by atoms with Gasteiger partial charge in [-0.05, 0) is 33.6 Å². The molecule has 4 heteroatoms. The zero-order valence-corrected chi connectivity index (χ0v) is 9.12. The van der Waals surface area contributed by atoms with E-state index in [4.69, 9.17) is 9.84 Å². The first kappa shape index (κ1) is 11.5. The molecule has 4 nitrogen and oxygen atoms in total. The van der Waals surface area contributed by atoms with Gasteiger partial charge < -0.3 is 9.84 Å². The predicted molar refractivity (Wildman–Crippen MR) is 53.1 cm³/mol. The Kier molecular flexibility index (Phi) is 3.50. The molecule has 1 unspecified atom stereocenters. The van der Waals surface area contributed by atoms with Crippen LogP contribution in [0.5, 0.6) is 0 Å². The van der Waals surface area contributed by atoms with Gasteiger partial charge >= 0.3 is 5.97 Å². The highest BCUT2D eigenvalue weighted by Gasteiger charge is 2.32. The standard InChI is InChI=1S/C10H19NO3/c1-10(2,3)14-8(9(12)13)11-6-4-5-7-11/h8H,4-7H2,1-3H3,(H,12,13). The van der Waals surface area contributed by atoms with Crippen LogP contribution in [0.3, 0.4) is 0 Å². The van der Waals surface area contributed by atoms with Crippen molar-refractivity contribution >= 4 is 5.97 Å². The van der Waals surface area contributed by atoms with Crippen molar-refractivity contribution in [2.75, 3.05) is 13.1 Å². The Bertz CT molecular complexity index is 204. The van der Waals surface area contributed by atoms with Crippen molar-refractivity contribution in [3.63, 3.8) is 0 Å². The topological polar surface area (TPSA) is 49.8 Å². The molecule has 82 valence electrons. The number of hydrogen-bond acceptors (Lipinski definition) is 3. The maximum atomic E-state index is 11.0. The fourth-order valence-electron chi connectivity index (χ4n) is 1.59. The molecule has 14 heavy (non-hydrogen) atoms. The summed E-state index contributed by atoms with van der Waals surface area (Å²) in [6.45, 7) is 7.27. The largest absolute Gasteiger partial charge is 0.478 e. The van der Waals surface area contributed by atoms with Gasteiger partial charge in [-0.25, -0.2) is 4.79 Å². The summed E-state index contributed by atoms with van der Waals surface area (Å²) in [5, 5.41) is 9.03. The normalized spacial score (nSPS) is 21.1. The van der Waals surface area contributed by atoms with E-state index in [1.54, 1.807) is 0 Å². The van der Waals surface area contributed by atoms with Gasteiger partial charge in [0.15, 0.2) is 0 Å².